The second-order valence-corrected chi connectivity index (χ2v) is 16.8. The van der Waals surface area contributed by atoms with Crippen LogP contribution in [0.2, 0.25) is 0 Å². The van der Waals surface area contributed by atoms with E-state index in [1.54, 1.807) is 0 Å². The summed E-state index contributed by atoms with van der Waals surface area (Å²) >= 11 is 1.89. The fourth-order valence-electron chi connectivity index (χ4n) is 9.89. The molecule has 1 unspecified atom stereocenters. The molecule has 11 rings (SSSR count). The summed E-state index contributed by atoms with van der Waals surface area (Å²) in [5, 5.41) is 2.60. The Balaban J connectivity index is 1.21. The molecule has 262 valence electrons. The van der Waals surface area contributed by atoms with Gasteiger partial charge in [-0.3, -0.25) is 0 Å². The lowest BCUT2D eigenvalue weighted by Crippen LogP contribution is -2.23. The highest BCUT2D eigenvalue weighted by atomic mass is 32.1. The summed E-state index contributed by atoms with van der Waals surface area (Å²) in [6, 6.07) is 67.9. The lowest BCUT2D eigenvalue weighted by molar-refractivity contribution is 0.660. The monoisotopic (exact) mass is 721 g/mol. The van der Waals surface area contributed by atoms with E-state index in [-0.39, 0.29) is 10.8 Å². The molecule has 1 nitrogen and oxygen atoms in total. The molecule has 0 bridgehead atoms. The van der Waals surface area contributed by atoms with Crippen LogP contribution >= 0.6 is 11.3 Å². The van der Waals surface area contributed by atoms with Gasteiger partial charge in [-0.25, -0.2) is 0 Å². The zero-order valence-corrected chi connectivity index (χ0v) is 32.0. The second kappa shape index (κ2) is 11.9. The molecule has 0 amide bonds. The molecule has 0 aliphatic heterocycles. The highest BCUT2D eigenvalue weighted by molar-refractivity contribution is 7.26. The lowest BCUT2D eigenvalue weighted by Gasteiger charge is -2.32. The van der Waals surface area contributed by atoms with Gasteiger partial charge in [-0.15, -0.1) is 11.3 Å². The van der Waals surface area contributed by atoms with Gasteiger partial charge in [-0.1, -0.05) is 166 Å². The lowest BCUT2D eigenvalue weighted by atomic mass is 9.74. The Labute approximate surface area is 326 Å². The molecule has 0 spiro atoms. The maximum absolute atomic E-state index is 2.55. The minimum Gasteiger partial charge on any atom is -0.308 e. The molecule has 2 heteroatoms. The third-order valence-electron chi connectivity index (χ3n) is 12.6. The van der Waals surface area contributed by atoms with Crippen molar-refractivity contribution in [2.24, 2.45) is 0 Å². The van der Waals surface area contributed by atoms with Crippen LogP contribution in [0.1, 0.15) is 48.6 Å². The normalized spacial score (nSPS) is 16.1. The molecule has 2 aliphatic carbocycles. The third-order valence-corrected chi connectivity index (χ3v) is 13.8. The molecular formula is C53H39NS. The summed E-state index contributed by atoms with van der Waals surface area (Å²) in [7, 11) is 0. The van der Waals surface area contributed by atoms with Crippen LogP contribution in [0.4, 0.5) is 17.1 Å². The summed E-state index contributed by atoms with van der Waals surface area (Å²) in [6.07, 6.45) is 0. The first-order valence-electron chi connectivity index (χ1n) is 19.3. The van der Waals surface area contributed by atoms with Gasteiger partial charge in [0.15, 0.2) is 0 Å². The first-order chi connectivity index (χ1) is 26.9. The molecule has 55 heavy (non-hydrogen) atoms. The average Bonchev–Trinajstić information content (AvgIpc) is 3.83. The molecule has 0 saturated heterocycles. The molecule has 0 fully saturated rings. The van der Waals surface area contributed by atoms with Crippen LogP contribution in [-0.4, -0.2) is 0 Å². The van der Waals surface area contributed by atoms with Crippen molar-refractivity contribution in [3.05, 3.63) is 210 Å². The van der Waals surface area contributed by atoms with Gasteiger partial charge in [0.05, 0.1) is 16.1 Å². The number of fused-ring (bicyclic) bond motifs is 9. The smallest absolute Gasteiger partial charge is 0.0640 e. The van der Waals surface area contributed by atoms with Crippen LogP contribution in [0, 0.1) is 0 Å². The molecule has 0 radical (unpaired) electrons. The van der Waals surface area contributed by atoms with Crippen molar-refractivity contribution >= 4 is 48.6 Å². The number of hydrogen-bond acceptors (Lipinski definition) is 2. The molecule has 2 aliphatic rings. The Bertz CT molecular complexity index is 2990. The van der Waals surface area contributed by atoms with Gasteiger partial charge in [0, 0.05) is 37.6 Å². The van der Waals surface area contributed by atoms with Crippen molar-refractivity contribution in [1.29, 1.82) is 0 Å². The fraction of sp³-hybridized carbons (Fsp3) is 0.0943. The molecule has 1 heterocycles. The van der Waals surface area contributed by atoms with E-state index in [2.05, 4.69) is 208 Å². The van der Waals surface area contributed by atoms with Crippen molar-refractivity contribution in [3.63, 3.8) is 0 Å². The summed E-state index contributed by atoms with van der Waals surface area (Å²) in [4.78, 5) is 2.55. The number of nitrogens with zero attached hydrogens (tertiary/aromatic N) is 1. The zero-order chi connectivity index (χ0) is 36.9. The van der Waals surface area contributed by atoms with Crippen LogP contribution in [-0.2, 0) is 10.8 Å². The van der Waals surface area contributed by atoms with Crippen LogP contribution in [0.25, 0.3) is 53.6 Å². The standard InChI is InChI=1S/C53H39NS/c1-52(2)43-25-11-8-22-42(43)50-40(23-15-27-45(50)52)38-20-9-13-28-47(38)54(48-29-16-24-41-39-21-10-14-30-49(39)55-51(41)48)35-31-32-37-36-19-7-12-26-44(36)53(3,46(37)33-35)34-17-5-4-6-18-34/h4-33H,1-3H3. The van der Waals surface area contributed by atoms with Crippen LogP contribution in [0.15, 0.2) is 182 Å². The average molecular weight is 722 g/mol. The maximum atomic E-state index is 2.55. The third kappa shape index (κ3) is 4.52. The van der Waals surface area contributed by atoms with E-state index in [1.807, 2.05) is 11.3 Å². The minimum atomic E-state index is -0.312. The van der Waals surface area contributed by atoms with E-state index in [0.717, 1.165) is 5.69 Å². The first-order valence-corrected chi connectivity index (χ1v) is 20.1. The van der Waals surface area contributed by atoms with E-state index >= 15 is 0 Å². The van der Waals surface area contributed by atoms with Gasteiger partial charge < -0.3 is 4.90 Å². The Hall–Kier alpha value is -6.22. The fourth-order valence-corrected chi connectivity index (χ4v) is 11.1. The zero-order valence-electron chi connectivity index (χ0n) is 31.2. The molecule has 1 aromatic heterocycles. The van der Waals surface area contributed by atoms with Crippen LogP contribution in [0.5, 0.6) is 0 Å². The van der Waals surface area contributed by atoms with E-state index in [1.165, 1.54) is 92.7 Å². The van der Waals surface area contributed by atoms with Gasteiger partial charge in [-0.2, -0.15) is 0 Å². The van der Waals surface area contributed by atoms with Crippen molar-refractivity contribution in [2.45, 2.75) is 31.6 Å². The number of benzene rings is 8. The van der Waals surface area contributed by atoms with Crippen molar-refractivity contribution < 1.29 is 0 Å². The van der Waals surface area contributed by atoms with E-state index in [0.29, 0.717) is 0 Å². The van der Waals surface area contributed by atoms with Crippen LogP contribution in [0.3, 0.4) is 0 Å². The van der Waals surface area contributed by atoms with Gasteiger partial charge >= 0.3 is 0 Å². The van der Waals surface area contributed by atoms with Gasteiger partial charge in [0.2, 0.25) is 0 Å². The summed E-state index contributed by atoms with van der Waals surface area (Å²) in [6.45, 7) is 7.15. The van der Waals surface area contributed by atoms with Crippen molar-refractivity contribution in [3.8, 4) is 33.4 Å². The largest absolute Gasteiger partial charge is 0.308 e. The summed E-state index contributed by atoms with van der Waals surface area (Å²) in [5.74, 6) is 0. The molecular weight excluding hydrogens is 683 g/mol. The van der Waals surface area contributed by atoms with Crippen molar-refractivity contribution in [1.82, 2.24) is 0 Å². The second-order valence-electron chi connectivity index (χ2n) is 15.8. The maximum Gasteiger partial charge on any atom is 0.0640 e. The molecule has 9 aromatic rings. The summed E-state index contributed by atoms with van der Waals surface area (Å²) < 4.78 is 2.59. The van der Waals surface area contributed by atoms with E-state index in [9.17, 15) is 0 Å². The predicted octanol–water partition coefficient (Wildman–Crippen LogP) is 14.8. The Kier molecular flexibility index (Phi) is 6.97. The Morgan fingerprint density at radius 1 is 0.418 bits per heavy atom. The SMILES string of the molecule is CC1(C)c2ccccc2-c2c(-c3ccccc3N(c3ccc4c(c3)C(C)(c3ccccc3)c3ccccc3-4)c3cccc4c3sc3ccccc34)cccc21. The number of para-hydroxylation sites is 1. The molecule has 0 saturated carbocycles. The Morgan fingerprint density at radius 2 is 1.02 bits per heavy atom. The quantitative estimate of drug-likeness (QED) is 0.171. The predicted molar refractivity (Wildman–Crippen MR) is 234 cm³/mol. The molecule has 0 N–H and O–H groups in total. The number of thiophene rings is 1. The highest BCUT2D eigenvalue weighted by Crippen LogP contribution is 2.57. The molecule has 1 atom stereocenters. The topological polar surface area (TPSA) is 3.24 Å². The van der Waals surface area contributed by atoms with E-state index in [4.69, 9.17) is 0 Å². The van der Waals surface area contributed by atoms with Gasteiger partial charge in [-0.05, 0) is 92.9 Å². The minimum absolute atomic E-state index is 0.0872. The highest BCUT2D eigenvalue weighted by Gasteiger charge is 2.41. The first kappa shape index (κ1) is 32.2. The molecule has 8 aromatic carbocycles. The van der Waals surface area contributed by atoms with Crippen molar-refractivity contribution in [2.75, 3.05) is 4.90 Å². The van der Waals surface area contributed by atoms with E-state index < -0.39 is 0 Å². The van der Waals surface area contributed by atoms with Gasteiger partial charge in [0.1, 0.15) is 0 Å². The number of anilines is 3. The Morgan fingerprint density at radius 3 is 1.87 bits per heavy atom. The van der Waals surface area contributed by atoms with Crippen LogP contribution < -0.4 is 4.90 Å². The number of rotatable bonds is 5. The number of hydrogen-bond donors (Lipinski definition) is 0. The summed E-state index contributed by atoms with van der Waals surface area (Å²) in [5.41, 5.74) is 17.7. The van der Waals surface area contributed by atoms with Gasteiger partial charge in [0.25, 0.3) is 0 Å².